The standard InChI is InChI=1S/C9H15N5/c1-7-8(11)3-4-9(13-7)14(2)6-12-5-10/h3-4,6H,5,10-11H2,1-2H3/b12-6-. The summed E-state index contributed by atoms with van der Waals surface area (Å²) in [5, 5.41) is 0. The van der Waals surface area contributed by atoms with E-state index in [1.54, 1.807) is 11.2 Å². The minimum Gasteiger partial charge on any atom is -0.397 e. The van der Waals surface area contributed by atoms with Gasteiger partial charge in [-0.1, -0.05) is 0 Å². The van der Waals surface area contributed by atoms with Crippen molar-refractivity contribution in [3.63, 3.8) is 0 Å². The van der Waals surface area contributed by atoms with E-state index >= 15 is 0 Å². The Labute approximate surface area is 83.4 Å². The van der Waals surface area contributed by atoms with Gasteiger partial charge in [0.25, 0.3) is 0 Å². The van der Waals surface area contributed by atoms with Gasteiger partial charge in [0.05, 0.1) is 24.4 Å². The van der Waals surface area contributed by atoms with E-state index in [1.165, 1.54) is 0 Å². The molecular weight excluding hydrogens is 178 g/mol. The van der Waals surface area contributed by atoms with Crippen molar-refractivity contribution in [1.29, 1.82) is 0 Å². The highest BCUT2D eigenvalue weighted by Crippen LogP contribution is 2.13. The number of nitrogens with zero attached hydrogens (tertiary/aromatic N) is 3. The Balaban J connectivity index is 2.85. The average Bonchev–Trinajstić information content (AvgIpc) is 2.18. The van der Waals surface area contributed by atoms with Crippen molar-refractivity contribution in [2.75, 3.05) is 24.3 Å². The molecular formula is C9H15N5. The predicted octanol–water partition coefficient (Wildman–Crippen LogP) is 0.353. The molecule has 14 heavy (non-hydrogen) atoms. The first kappa shape index (κ1) is 10.5. The van der Waals surface area contributed by atoms with E-state index in [0.717, 1.165) is 11.5 Å². The maximum atomic E-state index is 5.65. The third-order valence-corrected chi connectivity index (χ3v) is 1.83. The molecule has 0 aliphatic carbocycles. The van der Waals surface area contributed by atoms with Gasteiger partial charge >= 0.3 is 0 Å². The Morgan fingerprint density at radius 3 is 2.86 bits per heavy atom. The first-order valence-corrected chi connectivity index (χ1v) is 4.31. The van der Waals surface area contributed by atoms with Gasteiger partial charge in [0.2, 0.25) is 0 Å². The Bertz CT molecular complexity index is 334. The fraction of sp³-hybridized carbons (Fsp3) is 0.333. The number of rotatable bonds is 3. The molecule has 0 aliphatic heterocycles. The molecule has 5 nitrogen and oxygen atoms in total. The lowest BCUT2D eigenvalue weighted by molar-refractivity contribution is 1.05. The number of pyridine rings is 1. The topological polar surface area (TPSA) is 80.5 Å². The summed E-state index contributed by atoms with van der Waals surface area (Å²) >= 11 is 0. The maximum absolute atomic E-state index is 5.65. The molecule has 0 saturated heterocycles. The van der Waals surface area contributed by atoms with Gasteiger partial charge in [-0.05, 0) is 19.1 Å². The molecule has 76 valence electrons. The van der Waals surface area contributed by atoms with E-state index < -0.39 is 0 Å². The van der Waals surface area contributed by atoms with E-state index in [1.807, 2.05) is 26.1 Å². The monoisotopic (exact) mass is 193 g/mol. The highest BCUT2D eigenvalue weighted by Gasteiger charge is 2.01. The van der Waals surface area contributed by atoms with Crippen molar-refractivity contribution in [2.45, 2.75) is 6.92 Å². The molecule has 4 N–H and O–H groups in total. The number of hydrogen-bond acceptors (Lipinski definition) is 4. The Hall–Kier alpha value is -1.62. The Morgan fingerprint density at radius 1 is 1.57 bits per heavy atom. The molecule has 0 fully saturated rings. The number of aliphatic imine (C=N–C) groups is 1. The van der Waals surface area contributed by atoms with Crippen LogP contribution >= 0.6 is 0 Å². The number of nitrogens with two attached hydrogens (primary N) is 2. The zero-order valence-corrected chi connectivity index (χ0v) is 8.44. The largest absolute Gasteiger partial charge is 0.397 e. The summed E-state index contributed by atoms with van der Waals surface area (Å²) in [6.07, 6.45) is 1.64. The van der Waals surface area contributed by atoms with E-state index in [9.17, 15) is 0 Å². The van der Waals surface area contributed by atoms with Crippen LogP contribution in [0.15, 0.2) is 17.1 Å². The lowest BCUT2D eigenvalue weighted by Gasteiger charge is -2.12. The van der Waals surface area contributed by atoms with Crippen LogP contribution in [0.1, 0.15) is 5.69 Å². The van der Waals surface area contributed by atoms with Gasteiger partial charge in [-0.3, -0.25) is 4.99 Å². The minimum atomic E-state index is 0.276. The van der Waals surface area contributed by atoms with Crippen LogP contribution in [-0.4, -0.2) is 25.0 Å². The SMILES string of the molecule is Cc1nc(N(C)/C=N\CN)ccc1N. The van der Waals surface area contributed by atoms with E-state index in [2.05, 4.69) is 9.98 Å². The molecule has 0 radical (unpaired) electrons. The second-order valence-electron chi connectivity index (χ2n) is 2.94. The lowest BCUT2D eigenvalue weighted by atomic mass is 10.3. The summed E-state index contributed by atoms with van der Waals surface area (Å²) in [7, 11) is 1.86. The van der Waals surface area contributed by atoms with Crippen LogP contribution < -0.4 is 16.4 Å². The van der Waals surface area contributed by atoms with E-state index in [4.69, 9.17) is 11.5 Å². The molecule has 0 unspecified atom stereocenters. The zero-order valence-electron chi connectivity index (χ0n) is 8.44. The fourth-order valence-corrected chi connectivity index (χ4v) is 0.984. The third-order valence-electron chi connectivity index (χ3n) is 1.83. The molecule has 0 saturated carbocycles. The van der Waals surface area contributed by atoms with Crippen LogP contribution in [0.3, 0.4) is 0 Å². The molecule has 0 bridgehead atoms. The van der Waals surface area contributed by atoms with Crippen LogP contribution in [0, 0.1) is 6.92 Å². The maximum Gasteiger partial charge on any atom is 0.133 e. The molecule has 1 aromatic heterocycles. The molecule has 5 heteroatoms. The van der Waals surface area contributed by atoms with Gasteiger partial charge in [0, 0.05) is 7.05 Å². The molecule has 0 aliphatic rings. The number of hydrogen-bond donors (Lipinski definition) is 2. The van der Waals surface area contributed by atoms with Crippen LogP contribution in [-0.2, 0) is 0 Å². The molecule has 0 amide bonds. The summed E-state index contributed by atoms with van der Waals surface area (Å²) in [5.41, 5.74) is 12.4. The Kier molecular flexibility index (Phi) is 3.41. The van der Waals surface area contributed by atoms with Gasteiger partial charge < -0.3 is 16.4 Å². The number of nitrogen functional groups attached to an aromatic ring is 1. The lowest BCUT2D eigenvalue weighted by Crippen LogP contribution is -2.17. The van der Waals surface area contributed by atoms with Crippen molar-refractivity contribution in [1.82, 2.24) is 4.98 Å². The van der Waals surface area contributed by atoms with E-state index in [0.29, 0.717) is 5.69 Å². The van der Waals surface area contributed by atoms with Gasteiger partial charge in [0.15, 0.2) is 0 Å². The van der Waals surface area contributed by atoms with Crippen molar-refractivity contribution in [3.8, 4) is 0 Å². The van der Waals surface area contributed by atoms with Gasteiger partial charge in [0.1, 0.15) is 5.82 Å². The minimum absolute atomic E-state index is 0.276. The first-order valence-electron chi connectivity index (χ1n) is 4.31. The molecule has 0 aromatic carbocycles. The summed E-state index contributed by atoms with van der Waals surface area (Å²) in [6.45, 7) is 2.14. The van der Waals surface area contributed by atoms with Crippen molar-refractivity contribution >= 4 is 17.8 Å². The van der Waals surface area contributed by atoms with E-state index in [-0.39, 0.29) is 6.67 Å². The van der Waals surface area contributed by atoms with Crippen LogP contribution in [0.25, 0.3) is 0 Å². The van der Waals surface area contributed by atoms with Crippen LogP contribution in [0.5, 0.6) is 0 Å². The molecule has 0 spiro atoms. The molecule has 1 heterocycles. The van der Waals surface area contributed by atoms with Gasteiger partial charge in [-0.25, -0.2) is 4.98 Å². The number of aryl methyl sites for hydroxylation is 1. The van der Waals surface area contributed by atoms with Crippen LogP contribution in [0.4, 0.5) is 11.5 Å². The molecule has 1 aromatic rings. The molecule has 0 atom stereocenters. The van der Waals surface area contributed by atoms with Crippen molar-refractivity contribution in [2.24, 2.45) is 10.7 Å². The van der Waals surface area contributed by atoms with Crippen LogP contribution in [0.2, 0.25) is 0 Å². The molecule has 1 rings (SSSR count). The summed E-state index contributed by atoms with van der Waals surface area (Å²) in [6, 6.07) is 3.66. The van der Waals surface area contributed by atoms with Gasteiger partial charge in [-0.15, -0.1) is 0 Å². The quantitative estimate of drug-likeness (QED) is 0.536. The highest BCUT2D eigenvalue weighted by molar-refractivity contribution is 5.76. The summed E-state index contributed by atoms with van der Waals surface area (Å²) in [5.74, 6) is 0.800. The predicted molar refractivity (Wildman–Crippen MR) is 59.3 cm³/mol. The second kappa shape index (κ2) is 4.57. The normalized spacial score (nSPS) is 10.8. The summed E-state index contributed by atoms with van der Waals surface area (Å²) in [4.78, 5) is 9.99. The average molecular weight is 193 g/mol. The fourth-order valence-electron chi connectivity index (χ4n) is 0.984. The number of aromatic nitrogens is 1. The second-order valence-corrected chi connectivity index (χ2v) is 2.94. The number of anilines is 2. The first-order chi connectivity index (χ1) is 6.65. The summed E-state index contributed by atoms with van der Waals surface area (Å²) < 4.78 is 0. The highest BCUT2D eigenvalue weighted by atomic mass is 15.2. The van der Waals surface area contributed by atoms with Gasteiger partial charge in [-0.2, -0.15) is 0 Å². The Morgan fingerprint density at radius 2 is 2.29 bits per heavy atom. The van der Waals surface area contributed by atoms with Crippen molar-refractivity contribution in [3.05, 3.63) is 17.8 Å². The zero-order chi connectivity index (χ0) is 10.6. The third kappa shape index (κ3) is 2.43. The smallest absolute Gasteiger partial charge is 0.133 e. The van der Waals surface area contributed by atoms with Crippen molar-refractivity contribution < 1.29 is 0 Å².